The number of aryl methyl sites for hydroxylation is 2. The fourth-order valence-electron chi connectivity index (χ4n) is 3.78. The normalized spacial score (nSPS) is 15.5. The van der Waals surface area contributed by atoms with E-state index < -0.39 is 0 Å². The largest absolute Gasteiger partial charge is 0.360 e. The van der Waals surface area contributed by atoms with E-state index in [9.17, 15) is 4.79 Å². The number of thiophene rings is 1. The molecule has 1 aliphatic rings. The number of hydrogen-bond acceptors (Lipinski definition) is 5. The van der Waals surface area contributed by atoms with Gasteiger partial charge < -0.3 is 9.42 Å². The molecule has 29 heavy (non-hydrogen) atoms. The van der Waals surface area contributed by atoms with Crippen LogP contribution in [-0.2, 0) is 11.3 Å². The van der Waals surface area contributed by atoms with E-state index in [-0.39, 0.29) is 5.91 Å². The highest BCUT2D eigenvalue weighted by Crippen LogP contribution is 2.22. The molecule has 0 bridgehead atoms. The fourth-order valence-corrected chi connectivity index (χ4v) is 4.53. The van der Waals surface area contributed by atoms with Gasteiger partial charge in [-0.1, -0.05) is 11.2 Å². The highest BCUT2D eigenvalue weighted by atomic mass is 32.1. The minimum atomic E-state index is 0.0721. The van der Waals surface area contributed by atoms with Crippen molar-refractivity contribution in [2.75, 3.05) is 26.2 Å². The molecule has 1 amide bonds. The Morgan fingerprint density at radius 1 is 1.21 bits per heavy atom. The van der Waals surface area contributed by atoms with Gasteiger partial charge in [0.1, 0.15) is 5.76 Å². The Morgan fingerprint density at radius 2 is 2.00 bits per heavy atom. The summed E-state index contributed by atoms with van der Waals surface area (Å²) in [5.74, 6) is 1.62. The Morgan fingerprint density at radius 3 is 2.66 bits per heavy atom. The number of carbonyl (C=O) groups excluding carboxylic acids is 1. The van der Waals surface area contributed by atoms with Crippen LogP contribution in [0.3, 0.4) is 0 Å². The molecule has 1 saturated heterocycles. The first-order valence-electron chi connectivity index (χ1n) is 9.85. The molecular formula is C22H26N4O2S. The number of amides is 1. The average Bonchev–Trinajstić information content (AvgIpc) is 3.42. The van der Waals surface area contributed by atoms with Crippen LogP contribution < -0.4 is 0 Å². The lowest BCUT2D eigenvalue weighted by Crippen LogP contribution is -2.47. The molecule has 0 aliphatic carbocycles. The minimum Gasteiger partial charge on any atom is -0.360 e. The zero-order valence-electron chi connectivity index (χ0n) is 17.1. The zero-order valence-corrected chi connectivity index (χ0v) is 17.9. The molecule has 0 aromatic carbocycles. The van der Waals surface area contributed by atoms with Gasteiger partial charge in [0.25, 0.3) is 0 Å². The maximum absolute atomic E-state index is 12.7. The number of hydrogen-bond donors (Lipinski definition) is 0. The molecule has 7 heteroatoms. The van der Waals surface area contributed by atoms with Gasteiger partial charge in [0.15, 0.2) is 5.82 Å². The van der Waals surface area contributed by atoms with E-state index in [1.165, 1.54) is 4.88 Å². The van der Waals surface area contributed by atoms with Crippen LogP contribution in [0.5, 0.6) is 0 Å². The van der Waals surface area contributed by atoms with Gasteiger partial charge in [-0.2, -0.15) is 0 Å². The number of aromatic nitrogens is 2. The Balaban J connectivity index is 1.38. The molecule has 4 heterocycles. The van der Waals surface area contributed by atoms with Gasteiger partial charge in [-0.15, -0.1) is 11.3 Å². The topological polar surface area (TPSA) is 54.5 Å². The Hall–Kier alpha value is -2.64. The lowest BCUT2D eigenvalue weighted by molar-refractivity contribution is -0.127. The van der Waals surface area contributed by atoms with Crippen LogP contribution in [0, 0.1) is 20.8 Å². The molecule has 1 fully saturated rings. The maximum Gasteiger partial charge on any atom is 0.246 e. The molecule has 3 aromatic rings. The van der Waals surface area contributed by atoms with E-state index in [2.05, 4.69) is 33.6 Å². The summed E-state index contributed by atoms with van der Waals surface area (Å²) in [5.41, 5.74) is 3.12. The van der Waals surface area contributed by atoms with E-state index in [0.29, 0.717) is 0 Å². The third kappa shape index (κ3) is 4.36. The highest BCUT2D eigenvalue weighted by Gasteiger charge is 2.20. The molecule has 0 radical (unpaired) electrons. The Kier molecular flexibility index (Phi) is 5.69. The van der Waals surface area contributed by atoms with E-state index in [1.807, 2.05) is 42.4 Å². The summed E-state index contributed by atoms with van der Waals surface area (Å²) in [6.45, 7) is 10.3. The lowest BCUT2D eigenvalue weighted by atomic mass is 10.2. The summed E-state index contributed by atoms with van der Waals surface area (Å²) in [6, 6.07) is 8.24. The van der Waals surface area contributed by atoms with Gasteiger partial charge in [-0.05, 0) is 49.9 Å². The summed E-state index contributed by atoms with van der Waals surface area (Å²) in [5, 5.41) is 6.22. The average molecular weight is 411 g/mol. The van der Waals surface area contributed by atoms with Crippen molar-refractivity contribution < 1.29 is 9.32 Å². The molecule has 3 aromatic heterocycles. The fraction of sp³-hybridized carbons (Fsp3) is 0.364. The van der Waals surface area contributed by atoms with Crippen molar-refractivity contribution in [2.45, 2.75) is 27.3 Å². The summed E-state index contributed by atoms with van der Waals surface area (Å²) in [7, 11) is 0. The van der Waals surface area contributed by atoms with Gasteiger partial charge in [0.05, 0.1) is 0 Å². The molecule has 152 valence electrons. The summed E-state index contributed by atoms with van der Waals surface area (Å²) in [4.78, 5) is 18.4. The molecule has 0 N–H and O–H groups in total. The first-order chi connectivity index (χ1) is 14.0. The molecule has 6 nitrogen and oxygen atoms in total. The second-order valence-electron chi connectivity index (χ2n) is 7.47. The van der Waals surface area contributed by atoms with Crippen LogP contribution in [0.1, 0.15) is 27.6 Å². The van der Waals surface area contributed by atoms with Gasteiger partial charge in [-0.3, -0.25) is 14.3 Å². The molecule has 0 atom stereocenters. The van der Waals surface area contributed by atoms with Gasteiger partial charge in [-0.25, -0.2) is 0 Å². The van der Waals surface area contributed by atoms with Crippen LogP contribution in [0.25, 0.3) is 11.9 Å². The second kappa shape index (κ2) is 8.39. The summed E-state index contributed by atoms with van der Waals surface area (Å²) < 4.78 is 7.25. The Labute approximate surface area is 175 Å². The zero-order chi connectivity index (χ0) is 20.4. The molecule has 0 spiro atoms. The summed E-state index contributed by atoms with van der Waals surface area (Å²) in [6.07, 6.45) is 3.60. The van der Waals surface area contributed by atoms with E-state index in [4.69, 9.17) is 4.52 Å². The standard InChI is InChI=1S/C22H26N4O2S/c1-16-13-19(18(3)26(16)21-14-17(2)28-23-21)6-7-22(27)25-10-8-24(9-11-25)15-20-5-4-12-29-20/h4-7,12-14H,8-11,15H2,1-3H3/b7-6+. The SMILES string of the molecule is Cc1cc(-n2c(C)cc(/C=C/C(=O)N3CCN(Cc4cccs4)CC3)c2C)no1. The van der Waals surface area contributed by atoms with Gasteiger partial charge >= 0.3 is 0 Å². The van der Waals surface area contributed by atoms with Crippen LogP contribution in [0.4, 0.5) is 0 Å². The second-order valence-corrected chi connectivity index (χ2v) is 8.50. The monoisotopic (exact) mass is 410 g/mol. The van der Waals surface area contributed by atoms with Crippen LogP contribution >= 0.6 is 11.3 Å². The smallest absolute Gasteiger partial charge is 0.246 e. The number of piperazine rings is 1. The Bertz CT molecular complexity index is 1010. The van der Waals surface area contributed by atoms with Crippen LogP contribution in [-0.4, -0.2) is 51.6 Å². The molecule has 0 saturated carbocycles. The number of rotatable bonds is 5. The predicted octanol–water partition coefficient (Wildman–Crippen LogP) is 3.81. The van der Waals surface area contributed by atoms with Crippen molar-refractivity contribution in [2.24, 2.45) is 0 Å². The molecule has 0 unspecified atom stereocenters. The van der Waals surface area contributed by atoms with Crippen molar-refractivity contribution in [3.63, 3.8) is 0 Å². The van der Waals surface area contributed by atoms with Crippen molar-refractivity contribution in [1.82, 2.24) is 19.5 Å². The lowest BCUT2D eigenvalue weighted by Gasteiger charge is -2.33. The quantitative estimate of drug-likeness (QED) is 0.600. The van der Waals surface area contributed by atoms with E-state index in [1.54, 1.807) is 17.4 Å². The van der Waals surface area contributed by atoms with Crippen LogP contribution in [0.15, 0.2) is 40.2 Å². The van der Waals surface area contributed by atoms with Gasteiger partial charge in [0.2, 0.25) is 5.91 Å². The number of nitrogens with zero attached hydrogens (tertiary/aromatic N) is 4. The van der Waals surface area contributed by atoms with Crippen molar-refractivity contribution >= 4 is 23.3 Å². The molecule has 1 aliphatic heterocycles. The van der Waals surface area contributed by atoms with E-state index in [0.717, 1.165) is 61.3 Å². The third-order valence-corrected chi connectivity index (χ3v) is 6.23. The third-order valence-electron chi connectivity index (χ3n) is 5.36. The molecular weight excluding hydrogens is 384 g/mol. The van der Waals surface area contributed by atoms with Crippen molar-refractivity contribution in [3.8, 4) is 5.82 Å². The van der Waals surface area contributed by atoms with Crippen molar-refractivity contribution in [1.29, 1.82) is 0 Å². The van der Waals surface area contributed by atoms with Crippen molar-refractivity contribution in [3.05, 3.63) is 63.3 Å². The van der Waals surface area contributed by atoms with Crippen LogP contribution in [0.2, 0.25) is 0 Å². The predicted molar refractivity (Wildman–Crippen MR) is 115 cm³/mol. The first kappa shape index (κ1) is 19.7. The highest BCUT2D eigenvalue weighted by molar-refractivity contribution is 7.09. The van der Waals surface area contributed by atoms with E-state index >= 15 is 0 Å². The van der Waals surface area contributed by atoms with Gasteiger partial charge in [0, 0.05) is 61.1 Å². The molecule has 4 rings (SSSR count). The summed E-state index contributed by atoms with van der Waals surface area (Å²) >= 11 is 1.79. The minimum absolute atomic E-state index is 0.0721. The number of carbonyl (C=O) groups is 1. The first-order valence-corrected chi connectivity index (χ1v) is 10.7. The maximum atomic E-state index is 12.7.